The first-order chi connectivity index (χ1) is 9.79. The van der Waals surface area contributed by atoms with Crippen LogP contribution < -0.4 is 4.72 Å². The van der Waals surface area contributed by atoms with E-state index in [4.69, 9.17) is 0 Å². The van der Waals surface area contributed by atoms with Gasteiger partial charge in [-0.05, 0) is 36.8 Å². The molecule has 2 aromatic rings. The molecule has 0 saturated carbocycles. The standard InChI is InChI=1S/C13H12N2O5S/c1-9-3-2-4-10(7-9)14-21(19,20)11-5-6-13(16)12(8-11)15(17)18/h2-8,14,16H,1H3. The fourth-order valence-electron chi connectivity index (χ4n) is 1.74. The van der Waals surface area contributed by atoms with Gasteiger partial charge < -0.3 is 5.11 Å². The van der Waals surface area contributed by atoms with Crippen molar-refractivity contribution >= 4 is 21.4 Å². The van der Waals surface area contributed by atoms with Crippen LogP contribution in [-0.4, -0.2) is 18.4 Å². The molecule has 21 heavy (non-hydrogen) atoms. The van der Waals surface area contributed by atoms with E-state index in [1.807, 2.05) is 13.0 Å². The van der Waals surface area contributed by atoms with E-state index in [1.54, 1.807) is 18.2 Å². The summed E-state index contributed by atoms with van der Waals surface area (Å²) in [4.78, 5) is 9.59. The maximum Gasteiger partial charge on any atom is 0.312 e. The van der Waals surface area contributed by atoms with Gasteiger partial charge in [0.25, 0.3) is 10.0 Å². The highest BCUT2D eigenvalue weighted by molar-refractivity contribution is 7.92. The molecule has 0 bridgehead atoms. The number of benzene rings is 2. The molecular formula is C13H12N2O5S. The minimum Gasteiger partial charge on any atom is -0.502 e. The van der Waals surface area contributed by atoms with Crippen molar-refractivity contribution in [3.8, 4) is 5.75 Å². The van der Waals surface area contributed by atoms with Crippen molar-refractivity contribution in [3.05, 3.63) is 58.1 Å². The van der Waals surface area contributed by atoms with Gasteiger partial charge in [-0.25, -0.2) is 8.42 Å². The van der Waals surface area contributed by atoms with Crippen LogP contribution in [0.15, 0.2) is 47.4 Å². The molecule has 2 aromatic carbocycles. The van der Waals surface area contributed by atoms with Crippen molar-refractivity contribution in [3.63, 3.8) is 0 Å². The number of hydrogen-bond donors (Lipinski definition) is 2. The molecule has 8 heteroatoms. The van der Waals surface area contributed by atoms with E-state index in [0.29, 0.717) is 5.69 Å². The van der Waals surface area contributed by atoms with Crippen LogP contribution in [0.25, 0.3) is 0 Å². The second kappa shape index (κ2) is 5.41. The summed E-state index contributed by atoms with van der Waals surface area (Å²) >= 11 is 0. The van der Waals surface area contributed by atoms with E-state index in [-0.39, 0.29) is 4.90 Å². The third-order valence-electron chi connectivity index (χ3n) is 2.72. The molecule has 0 aliphatic rings. The number of aromatic hydroxyl groups is 1. The van der Waals surface area contributed by atoms with E-state index in [1.165, 1.54) is 0 Å². The highest BCUT2D eigenvalue weighted by atomic mass is 32.2. The molecule has 0 fully saturated rings. The fourth-order valence-corrected chi connectivity index (χ4v) is 2.81. The van der Waals surface area contributed by atoms with Crippen molar-refractivity contribution in [1.29, 1.82) is 0 Å². The number of anilines is 1. The molecule has 0 amide bonds. The zero-order chi connectivity index (χ0) is 15.6. The van der Waals surface area contributed by atoms with Gasteiger partial charge in [0.1, 0.15) is 0 Å². The molecule has 0 heterocycles. The van der Waals surface area contributed by atoms with Crippen LogP contribution in [-0.2, 0) is 10.0 Å². The van der Waals surface area contributed by atoms with Crippen LogP contribution in [0.5, 0.6) is 5.75 Å². The lowest BCUT2D eigenvalue weighted by molar-refractivity contribution is -0.386. The van der Waals surface area contributed by atoms with Gasteiger partial charge in [0.2, 0.25) is 0 Å². The van der Waals surface area contributed by atoms with Crippen LogP contribution in [0.1, 0.15) is 5.56 Å². The summed E-state index contributed by atoms with van der Waals surface area (Å²) in [5.41, 5.74) is 0.555. The minimum absolute atomic E-state index is 0.298. The zero-order valence-corrected chi connectivity index (χ0v) is 11.8. The molecule has 7 nitrogen and oxygen atoms in total. The quantitative estimate of drug-likeness (QED) is 0.665. The van der Waals surface area contributed by atoms with Gasteiger partial charge in [-0.2, -0.15) is 0 Å². The number of sulfonamides is 1. The first kappa shape index (κ1) is 14.8. The summed E-state index contributed by atoms with van der Waals surface area (Å²) < 4.78 is 26.7. The van der Waals surface area contributed by atoms with Gasteiger partial charge in [-0.15, -0.1) is 0 Å². The maximum atomic E-state index is 12.2. The summed E-state index contributed by atoms with van der Waals surface area (Å²) in [6.07, 6.45) is 0. The first-order valence-corrected chi connectivity index (χ1v) is 7.35. The van der Waals surface area contributed by atoms with Crippen molar-refractivity contribution in [2.45, 2.75) is 11.8 Å². The monoisotopic (exact) mass is 308 g/mol. The summed E-state index contributed by atoms with van der Waals surface area (Å²) in [5, 5.41) is 20.1. The van der Waals surface area contributed by atoms with Crippen molar-refractivity contribution in [2.75, 3.05) is 4.72 Å². The van der Waals surface area contributed by atoms with Gasteiger partial charge >= 0.3 is 5.69 Å². The molecule has 0 unspecified atom stereocenters. The zero-order valence-electron chi connectivity index (χ0n) is 11.0. The largest absolute Gasteiger partial charge is 0.502 e. The van der Waals surface area contributed by atoms with E-state index in [9.17, 15) is 23.6 Å². The van der Waals surface area contributed by atoms with Gasteiger partial charge in [-0.1, -0.05) is 12.1 Å². The number of nitro groups is 1. The van der Waals surface area contributed by atoms with Gasteiger partial charge in [0.15, 0.2) is 5.75 Å². The lowest BCUT2D eigenvalue weighted by Gasteiger charge is -2.08. The molecular weight excluding hydrogens is 296 g/mol. The molecule has 0 atom stereocenters. The predicted molar refractivity (Wildman–Crippen MR) is 76.7 cm³/mol. The van der Waals surface area contributed by atoms with Crippen molar-refractivity contribution in [1.82, 2.24) is 0 Å². The average molecular weight is 308 g/mol. The molecule has 0 aliphatic heterocycles. The molecule has 0 spiro atoms. The van der Waals surface area contributed by atoms with E-state index >= 15 is 0 Å². The minimum atomic E-state index is -3.97. The SMILES string of the molecule is Cc1cccc(NS(=O)(=O)c2ccc(O)c([N+](=O)[O-])c2)c1. The van der Waals surface area contributed by atoms with Crippen LogP contribution >= 0.6 is 0 Å². The number of phenolic OH excluding ortho intramolecular Hbond substituents is 1. The Balaban J connectivity index is 2.40. The number of phenols is 1. The lowest BCUT2D eigenvalue weighted by Crippen LogP contribution is -2.13. The number of rotatable bonds is 4. The summed E-state index contributed by atoms with van der Waals surface area (Å²) in [7, 11) is -3.97. The summed E-state index contributed by atoms with van der Waals surface area (Å²) in [6, 6.07) is 9.58. The molecule has 0 aliphatic carbocycles. The molecule has 0 saturated heterocycles. The Morgan fingerprint density at radius 3 is 2.52 bits per heavy atom. The Hall–Kier alpha value is -2.61. The highest BCUT2D eigenvalue weighted by Gasteiger charge is 2.21. The van der Waals surface area contributed by atoms with Crippen molar-refractivity contribution in [2.24, 2.45) is 0 Å². The summed E-state index contributed by atoms with van der Waals surface area (Å²) in [6.45, 7) is 1.81. The van der Waals surface area contributed by atoms with Crippen LogP contribution in [0, 0.1) is 17.0 Å². The fraction of sp³-hybridized carbons (Fsp3) is 0.0769. The number of aryl methyl sites for hydroxylation is 1. The second-order valence-electron chi connectivity index (χ2n) is 4.38. The van der Waals surface area contributed by atoms with Crippen LogP contribution in [0.4, 0.5) is 11.4 Å². The molecule has 2 N–H and O–H groups in total. The Morgan fingerprint density at radius 2 is 1.90 bits per heavy atom. The predicted octanol–water partition coefficient (Wildman–Crippen LogP) is 2.41. The third kappa shape index (κ3) is 3.29. The van der Waals surface area contributed by atoms with E-state index in [2.05, 4.69) is 4.72 Å². The Bertz CT molecular complexity index is 802. The Kier molecular flexibility index (Phi) is 3.81. The Morgan fingerprint density at radius 1 is 1.19 bits per heavy atom. The molecule has 0 aromatic heterocycles. The third-order valence-corrected chi connectivity index (χ3v) is 4.10. The van der Waals surface area contributed by atoms with Crippen molar-refractivity contribution < 1.29 is 18.4 Å². The smallest absolute Gasteiger partial charge is 0.312 e. The Labute approximate surface area is 121 Å². The topological polar surface area (TPSA) is 110 Å². The van der Waals surface area contributed by atoms with Crippen LogP contribution in [0.2, 0.25) is 0 Å². The lowest BCUT2D eigenvalue weighted by atomic mass is 10.2. The molecule has 110 valence electrons. The normalized spacial score (nSPS) is 11.1. The van der Waals surface area contributed by atoms with E-state index < -0.39 is 26.4 Å². The number of nitrogens with zero attached hydrogens (tertiary/aromatic N) is 1. The van der Waals surface area contributed by atoms with Gasteiger partial charge in [0, 0.05) is 11.8 Å². The number of nitrogens with one attached hydrogen (secondary N) is 1. The second-order valence-corrected chi connectivity index (χ2v) is 6.07. The van der Waals surface area contributed by atoms with E-state index in [0.717, 1.165) is 23.8 Å². The summed E-state index contributed by atoms with van der Waals surface area (Å²) in [5.74, 6) is -0.588. The number of hydrogen-bond acceptors (Lipinski definition) is 5. The number of nitro benzene ring substituents is 1. The molecule has 2 rings (SSSR count). The highest BCUT2D eigenvalue weighted by Crippen LogP contribution is 2.29. The average Bonchev–Trinajstić information content (AvgIpc) is 2.38. The maximum absolute atomic E-state index is 12.2. The molecule has 0 radical (unpaired) electrons. The van der Waals surface area contributed by atoms with Gasteiger partial charge in [-0.3, -0.25) is 14.8 Å². The first-order valence-electron chi connectivity index (χ1n) is 5.86. The van der Waals surface area contributed by atoms with Gasteiger partial charge in [0.05, 0.1) is 9.82 Å². The van der Waals surface area contributed by atoms with Crippen LogP contribution in [0.3, 0.4) is 0 Å².